The zero-order valence-corrected chi connectivity index (χ0v) is 15.9. The Bertz CT molecular complexity index is 865. The summed E-state index contributed by atoms with van der Waals surface area (Å²) in [6, 6.07) is 6.21. The molecule has 0 unspecified atom stereocenters. The molecule has 0 radical (unpaired) electrons. The van der Waals surface area contributed by atoms with Crippen molar-refractivity contribution in [2.45, 2.75) is 38.1 Å². The van der Waals surface area contributed by atoms with E-state index in [1.807, 2.05) is 13.8 Å². The zero-order chi connectivity index (χ0) is 18.0. The second kappa shape index (κ2) is 7.23. The molecule has 1 aliphatic heterocycles. The average molecular weight is 380 g/mol. The Morgan fingerprint density at radius 2 is 2.00 bits per heavy atom. The first-order valence-electron chi connectivity index (χ1n) is 8.19. The summed E-state index contributed by atoms with van der Waals surface area (Å²) < 4.78 is 27.6. The Balaban J connectivity index is 1.75. The molecular formula is C17H21N3O3S2. The van der Waals surface area contributed by atoms with E-state index in [0.717, 1.165) is 41.5 Å². The van der Waals surface area contributed by atoms with Gasteiger partial charge in [0.25, 0.3) is 5.91 Å². The quantitative estimate of drug-likeness (QED) is 0.865. The van der Waals surface area contributed by atoms with Crippen LogP contribution in [0, 0.1) is 13.8 Å². The maximum absolute atomic E-state index is 12.5. The Morgan fingerprint density at radius 3 is 2.64 bits per heavy atom. The number of thiazole rings is 1. The third kappa shape index (κ3) is 4.08. The number of likely N-dealkylation sites (tertiary alicyclic amines) is 1. The third-order valence-electron chi connectivity index (χ3n) is 4.27. The van der Waals surface area contributed by atoms with Crippen molar-refractivity contribution in [1.29, 1.82) is 0 Å². The Kier molecular flexibility index (Phi) is 5.21. The van der Waals surface area contributed by atoms with E-state index in [2.05, 4.69) is 9.71 Å². The highest BCUT2D eigenvalue weighted by Crippen LogP contribution is 2.19. The second-order valence-electron chi connectivity index (χ2n) is 6.10. The van der Waals surface area contributed by atoms with E-state index >= 15 is 0 Å². The summed E-state index contributed by atoms with van der Waals surface area (Å²) >= 11 is 1.48. The van der Waals surface area contributed by atoms with Crippen molar-refractivity contribution in [2.75, 3.05) is 13.1 Å². The zero-order valence-electron chi connectivity index (χ0n) is 14.3. The van der Waals surface area contributed by atoms with Crippen molar-refractivity contribution < 1.29 is 13.2 Å². The van der Waals surface area contributed by atoms with Crippen LogP contribution in [0.15, 0.2) is 29.2 Å². The number of aryl methyl sites for hydroxylation is 2. The van der Waals surface area contributed by atoms with Crippen LogP contribution in [0.1, 0.15) is 38.8 Å². The fraction of sp³-hybridized carbons (Fsp3) is 0.412. The largest absolute Gasteiger partial charge is 0.339 e. The minimum Gasteiger partial charge on any atom is -0.339 e. The predicted octanol–water partition coefficient (Wildman–Crippen LogP) is 2.47. The summed E-state index contributed by atoms with van der Waals surface area (Å²) in [5.74, 6) is -0.110. The number of rotatable bonds is 5. The van der Waals surface area contributed by atoms with Crippen LogP contribution < -0.4 is 4.72 Å². The van der Waals surface area contributed by atoms with Crippen LogP contribution in [0.5, 0.6) is 0 Å². The van der Waals surface area contributed by atoms with Crippen molar-refractivity contribution in [3.8, 4) is 0 Å². The molecule has 25 heavy (non-hydrogen) atoms. The van der Waals surface area contributed by atoms with Crippen molar-refractivity contribution in [2.24, 2.45) is 0 Å². The molecule has 1 saturated heterocycles. The molecule has 134 valence electrons. The third-order valence-corrected chi connectivity index (χ3v) is 6.74. The van der Waals surface area contributed by atoms with E-state index in [1.165, 1.54) is 23.5 Å². The van der Waals surface area contributed by atoms with E-state index in [1.54, 1.807) is 17.0 Å². The van der Waals surface area contributed by atoms with Crippen molar-refractivity contribution in [1.82, 2.24) is 14.6 Å². The minimum absolute atomic E-state index is 0.0996. The van der Waals surface area contributed by atoms with Gasteiger partial charge in [-0.15, -0.1) is 11.3 Å². The fourth-order valence-corrected chi connectivity index (χ4v) is 4.75. The summed E-state index contributed by atoms with van der Waals surface area (Å²) in [5, 5.41) is 0.725. The standard InChI is InChI=1S/C17H21N3O3S2/c1-12-13(2)24-16(19-12)11-18-25(22,23)15-7-5-6-14(10-15)17(21)20-8-3-4-9-20/h5-7,10,18H,3-4,8-9,11H2,1-2H3. The molecular weight excluding hydrogens is 358 g/mol. The predicted molar refractivity (Wildman–Crippen MR) is 97.2 cm³/mol. The first kappa shape index (κ1) is 18.0. The molecule has 1 aliphatic rings. The number of nitrogens with one attached hydrogen (secondary N) is 1. The van der Waals surface area contributed by atoms with E-state index in [4.69, 9.17) is 0 Å². The van der Waals surface area contributed by atoms with Crippen LogP contribution in [0.2, 0.25) is 0 Å². The molecule has 0 aliphatic carbocycles. The Hall–Kier alpha value is -1.77. The van der Waals surface area contributed by atoms with Gasteiger partial charge in [-0.3, -0.25) is 4.79 Å². The van der Waals surface area contributed by atoms with Gasteiger partial charge in [0.1, 0.15) is 5.01 Å². The van der Waals surface area contributed by atoms with Gasteiger partial charge in [0.15, 0.2) is 0 Å². The van der Waals surface area contributed by atoms with Gasteiger partial charge in [-0.2, -0.15) is 0 Å². The van der Waals surface area contributed by atoms with Crippen LogP contribution in [0.3, 0.4) is 0 Å². The monoisotopic (exact) mass is 379 g/mol. The summed E-state index contributed by atoms with van der Waals surface area (Å²) in [6.07, 6.45) is 2.00. The number of benzene rings is 1. The van der Waals surface area contributed by atoms with Gasteiger partial charge < -0.3 is 4.90 Å². The van der Waals surface area contributed by atoms with Gasteiger partial charge >= 0.3 is 0 Å². The maximum Gasteiger partial charge on any atom is 0.253 e. The molecule has 1 N–H and O–H groups in total. The number of hydrogen-bond donors (Lipinski definition) is 1. The summed E-state index contributed by atoms with van der Waals surface area (Å²) in [7, 11) is -3.70. The van der Waals surface area contributed by atoms with Crippen LogP contribution in [-0.2, 0) is 16.6 Å². The number of amides is 1. The van der Waals surface area contributed by atoms with Crippen LogP contribution in [0.4, 0.5) is 0 Å². The van der Waals surface area contributed by atoms with Gasteiger partial charge in [-0.25, -0.2) is 18.1 Å². The molecule has 3 rings (SSSR count). The SMILES string of the molecule is Cc1nc(CNS(=O)(=O)c2cccc(C(=O)N3CCCC3)c2)sc1C. The molecule has 8 heteroatoms. The van der Waals surface area contributed by atoms with E-state index in [-0.39, 0.29) is 17.3 Å². The molecule has 1 amide bonds. The van der Waals surface area contributed by atoms with Crippen molar-refractivity contribution in [3.63, 3.8) is 0 Å². The maximum atomic E-state index is 12.5. The number of hydrogen-bond acceptors (Lipinski definition) is 5. The second-order valence-corrected chi connectivity index (χ2v) is 9.16. The molecule has 0 atom stereocenters. The normalized spacial score (nSPS) is 14.9. The van der Waals surface area contributed by atoms with Crippen LogP contribution >= 0.6 is 11.3 Å². The van der Waals surface area contributed by atoms with Crippen LogP contribution in [-0.4, -0.2) is 37.3 Å². The highest BCUT2D eigenvalue weighted by Gasteiger charge is 2.22. The molecule has 1 aromatic carbocycles. The molecule has 2 heterocycles. The molecule has 2 aromatic rings. The number of aromatic nitrogens is 1. The number of carbonyl (C=O) groups excluding carboxylic acids is 1. The fourth-order valence-electron chi connectivity index (χ4n) is 2.75. The first-order valence-corrected chi connectivity index (χ1v) is 10.5. The molecule has 0 bridgehead atoms. The van der Waals surface area contributed by atoms with Gasteiger partial charge in [-0.05, 0) is 44.9 Å². The molecule has 0 spiro atoms. The Morgan fingerprint density at radius 1 is 1.28 bits per heavy atom. The topological polar surface area (TPSA) is 79.4 Å². The summed E-state index contributed by atoms with van der Waals surface area (Å²) in [5.41, 5.74) is 1.32. The van der Waals surface area contributed by atoms with Gasteiger partial charge in [0.05, 0.1) is 17.1 Å². The average Bonchev–Trinajstić information content (AvgIpc) is 3.23. The lowest BCUT2D eigenvalue weighted by molar-refractivity contribution is 0.0792. The highest BCUT2D eigenvalue weighted by atomic mass is 32.2. The number of nitrogens with zero attached hydrogens (tertiary/aromatic N) is 2. The van der Waals surface area contributed by atoms with Crippen LogP contribution in [0.25, 0.3) is 0 Å². The summed E-state index contributed by atoms with van der Waals surface area (Å²) in [4.78, 5) is 19.7. The van der Waals surface area contributed by atoms with Gasteiger partial charge in [0, 0.05) is 23.5 Å². The number of sulfonamides is 1. The van der Waals surface area contributed by atoms with Gasteiger partial charge in [0.2, 0.25) is 10.0 Å². The molecule has 1 fully saturated rings. The first-order chi connectivity index (χ1) is 11.9. The van der Waals surface area contributed by atoms with Crippen molar-refractivity contribution >= 4 is 27.3 Å². The lowest BCUT2D eigenvalue weighted by Gasteiger charge is -2.15. The number of carbonyl (C=O) groups is 1. The molecule has 1 aromatic heterocycles. The van der Waals surface area contributed by atoms with E-state index in [0.29, 0.717) is 5.56 Å². The lowest BCUT2D eigenvalue weighted by atomic mass is 10.2. The molecule has 0 saturated carbocycles. The summed E-state index contributed by atoms with van der Waals surface area (Å²) in [6.45, 7) is 5.47. The van der Waals surface area contributed by atoms with Crippen molar-refractivity contribution in [3.05, 3.63) is 45.4 Å². The van der Waals surface area contributed by atoms with E-state index < -0.39 is 10.0 Å². The molecule has 6 nitrogen and oxygen atoms in total. The minimum atomic E-state index is -3.70. The highest BCUT2D eigenvalue weighted by molar-refractivity contribution is 7.89. The smallest absolute Gasteiger partial charge is 0.253 e. The van der Waals surface area contributed by atoms with Gasteiger partial charge in [-0.1, -0.05) is 6.07 Å². The lowest BCUT2D eigenvalue weighted by Crippen LogP contribution is -2.28. The Labute approximate surface area is 151 Å². The van der Waals surface area contributed by atoms with E-state index in [9.17, 15) is 13.2 Å².